The van der Waals surface area contributed by atoms with Gasteiger partial charge in [-0.15, -0.1) is 10.2 Å². The fourth-order valence-corrected chi connectivity index (χ4v) is 7.49. The van der Waals surface area contributed by atoms with Gasteiger partial charge < -0.3 is 14.6 Å². The van der Waals surface area contributed by atoms with Crippen molar-refractivity contribution in [2.45, 2.75) is 64.1 Å². The van der Waals surface area contributed by atoms with Crippen LogP contribution in [-0.2, 0) is 22.6 Å². The van der Waals surface area contributed by atoms with Gasteiger partial charge in [-0.3, -0.25) is 19.1 Å². The van der Waals surface area contributed by atoms with Crippen LogP contribution in [0.3, 0.4) is 0 Å². The molecule has 4 aromatic heterocycles. The summed E-state index contributed by atoms with van der Waals surface area (Å²) >= 11 is 5.58. The number of aromatic nitrogens is 7. The fraction of sp³-hybridized carbons (Fsp3) is 0.344. The third-order valence-corrected chi connectivity index (χ3v) is 10.2. The topological polar surface area (TPSA) is 162 Å². The fourth-order valence-electron chi connectivity index (χ4n) is 5.93. The minimum atomic E-state index is -0.804. The molecule has 0 aliphatic carbocycles. The molecule has 0 bridgehead atoms. The molecule has 6 rings (SSSR count). The normalized spacial score (nSPS) is 17.8. The second kappa shape index (κ2) is 13.2. The van der Waals surface area contributed by atoms with Crippen LogP contribution in [0.5, 0.6) is 0 Å². The van der Waals surface area contributed by atoms with Crippen LogP contribution in [0, 0.1) is 33.6 Å². The van der Waals surface area contributed by atoms with Crippen LogP contribution in [-0.4, -0.2) is 67.5 Å². The van der Waals surface area contributed by atoms with E-state index >= 15 is 0 Å². The number of fused-ring (bicyclic) bond motifs is 1. The minimum Gasteiger partial charge on any atom is -0.426 e. The monoisotopic (exact) mass is 811 g/mol. The largest absolute Gasteiger partial charge is 0.426 e. The van der Waals surface area contributed by atoms with Crippen LogP contribution < -0.4 is 5.32 Å². The number of anilines is 1. The van der Waals surface area contributed by atoms with Crippen molar-refractivity contribution in [1.82, 2.24) is 39.8 Å². The number of benzene rings is 1. The van der Waals surface area contributed by atoms with Gasteiger partial charge in [-0.2, -0.15) is 5.10 Å². The van der Waals surface area contributed by atoms with Crippen LogP contribution in [0.4, 0.5) is 5.82 Å². The molecule has 1 aliphatic rings. The van der Waals surface area contributed by atoms with E-state index in [4.69, 9.17) is 4.42 Å². The van der Waals surface area contributed by atoms with Gasteiger partial charge in [-0.25, -0.2) is 15.0 Å². The number of carbonyl (C=O) groups is 3. The van der Waals surface area contributed by atoms with Crippen molar-refractivity contribution in [2.24, 2.45) is 5.92 Å². The summed E-state index contributed by atoms with van der Waals surface area (Å²) in [4.78, 5) is 55.5. The van der Waals surface area contributed by atoms with Gasteiger partial charge in [0.15, 0.2) is 5.78 Å². The third kappa shape index (κ3) is 6.68. The Morgan fingerprint density at radius 3 is 2.47 bits per heavy atom. The zero-order valence-electron chi connectivity index (χ0n) is 26.3. The highest BCUT2D eigenvalue weighted by atomic mass is 127. The molecule has 2 amide bonds. The molecular formula is C32H31BrIN9O4. The number of rotatable bonds is 8. The molecular weight excluding hydrogens is 781 g/mol. The molecule has 0 spiro atoms. The SMILES string of the molecule is CC(=O)c1nn(CC(=O)N2[C@H](I)[C@@H](Cc3nnc(C)o3)C[C@H]2C(=O)Nc2nc(Br)ccc2C)c2c(C)cc(-c3cnc(C)nc3)cc12. The lowest BCUT2D eigenvalue weighted by Crippen LogP contribution is -2.47. The number of alkyl halides is 1. The lowest BCUT2D eigenvalue weighted by molar-refractivity contribution is -0.137. The third-order valence-electron chi connectivity index (χ3n) is 8.18. The predicted octanol–water partition coefficient (Wildman–Crippen LogP) is 5.33. The Bertz CT molecular complexity index is 2030. The Labute approximate surface area is 292 Å². The molecule has 47 heavy (non-hydrogen) atoms. The number of amides is 2. The van der Waals surface area contributed by atoms with E-state index in [2.05, 4.69) is 74.1 Å². The molecule has 242 valence electrons. The molecule has 0 unspecified atom stereocenters. The van der Waals surface area contributed by atoms with Crippen molar-refractivity contribution >= 4 is 72.8 Å². The van der Waals surface area contributed by atoms with E-state index in [0.29, 0.717) is 51.8 Å². The molecule has 1 fully saturated rings. The summed E-state index contributed by atoms with van der Waals surface area (Å²) < 4.78 is 7.41. The first-order valence-electron chi connectivity index (χ1n) is 14.9. The second-order valence-electron chi connectivity index (χ2n) is 11.7. The van der Waals surface area contributed by atoms with Gasteiger partial charge in [-0.05, 0) is 83.9 Å². The second-order valence-corrected chi connectivity index (χ2v) is 13.8. The molecule has 1 saturated heterocycles. The maximum absolute atomic E-state index is 14.3. The van der Waals surface area contributed by atoms with Crippen LogP contribution in [0.1, 0.15) is 52.6 Å². The molecule has 0 radical (unpaired) electrons. The van der Waals surface area contributed by atoms with E-state index in [-0.39, 0.29) is 39.8 Å². The number of halogens is 2. The number of pyridine rings is 1. The Morgan fingerprint density at radius 1 is 1.04 bits per heavy atom. The van der Waals surface area contributed by atoms with E-state index in [1.165, 1.54) is 6.92 Å². The lowest BCUT2D eigenvalue weighted by atomic mass is 10.0. The summed E-state index contributed by atoms with van der Waals surface area (Å²) in [5.74, 6) is 0.916. The van der Waals surface area contributed by atoms with E-state index in [0.717, 1.165) is 22.3 Å². The van der Waals surface area contributed by atoms with Gasteiger partial charge in [0.25, 0.3) is 0 Å². The molecule has 13 nitrogen and oxygen atoms in total. The zero-order valence-corrected chi connectivity index (χ0v) is 30.0. The van der Waals surface area contributed by atoms with Crippen LogP contribution in [0.15, 0.2) is 45.7 Å². The van der Waals surface area contributed by atoms with Gasteiger partial charge in [0, 0.05) is 43.6 Å². The molecule has 1 N–H and O–H groups in total. The number of Topliss-reactive ketones (excluding diaryl/α,β-unsaturated/α-hetero) is 1. The summed E-state index contributed by atoms with van der Waals surface area (Å²) in [5, 5.41) is 16.3. The highest BCUT2D eigenvalue weighted by Crippen LogP contribution is 2.38. The molecule has 5 aromatic rings. The zero-order chi connectivity index (χ0) is 33.6. The summed E-state index contributed by atoms with van der Waals surface area (Å²) in [6, 6.07) is 6.68. The highest BCUT2D eigenvalue weighted by molar-refractivity contribution is 14.1. The van der Waals surface area contributed by atoms with Gasteiger partial charge in [0.05, 0.1) is 9.57 Å². The van der Waals surface area contributed by atoms with Gasteiger partial charge in [0.2, 0.25) is 23.6 Å². The summed E-state index contributed by atoms with van der Waals surface area (Å²) in [6.45, 7) is 8.57. The van der Waals surface area contributed by atoms with Gasteiger partial charge in [-0.1, -0.05) is 28.7 Å². The first kappa shape index (κ1) is 32.8. The van der Waals surface area contributed by atoms with Gasteiger partial charge in [0.1, 0.15) is 34.5 Å². The Balaban J connectivity index is 1.34. The lowest BCUT2D eigenvalue weighted by Gasteiger charge is -2.28. The van der Waals surface area contributed by atoms with E-state index in [9.17, 15) is 14.4 Å². The van der Waals surface area contributed by atoms with Crippen LogP contribution in [0.2, 0.25) is 0 Å². The van der Waals surface area contributed by atoms with Crippen LogP contribution in [0.25, 0.3) is 22.0 Å². The smallest absolute Gasteiger partial charge is 0.248 e. The average Bonchev–Trinajstić information content (AvgIpc) is 3.70. The molecule has 0 saturated carbocycles. The quantitative estimate of drug-likeness (QED) is 0.0713. The first-order valence-corrected chi connectivity index (χ1v) is 16.9. The molecule has 3 atom stereocenters. The van der Waals surface area contributed by atoms with Crippen molar-refractivity contribution in [3.63, 3.8) is 0 Å². The average molecular weight is 812 g/mol. The number of ketones is 1. The Kier molecular flexibility index (Phi) is 9.20. The number of aryl methyl sites for hydroxylation is 4. The first-order chi connectivity index (χ1) is 22.4. The maximum Gasteiger partial charge on any atom is 0.248 e. The highest BCUT2D eigenvalue weighted by Gasteiger charge is 2.46. The molecule has 15 heteroatoms. The van der Waals surface area contributed by atoms with E-state index in [1.807, 2.05) is 39.0 Å². The van der Waals surface area contributed by atoms with E-state index in [1.54, 1.807) is 35.0 Å². The number of carbonyl (C=O) groups excluding carboxylic acids is 3. The van der Waals surface area contributed by atoms with Crippen molar-refractivity contribution in [2.75, 3.05) is 5.32 Å². The molecule has 5 heterocycles. The summed E-state index contributed by atoms with van der Waals surface area (Å²) in [5.41, 5.74) is 4.17. The molecule has 1 aromatic carbocycles. The maximum atomic E-state index is 14.3. The number of likely N-dealkylation sites (tertiary alicyclic amines) is 1. The summed E-state index contributed by atoms with van der Waals surface area (Å²) in [7, 11) is 0. The van der Waals surface area contributed by atoms with Crippen molar-refractivity contribution in [1.29, 1.82) is 0 Å². The number of hydrogen-bond donors (Lipinski definition) is 1. The number of nitrogens with zero attached hydrogens (tertiary/aromatic N) is 8. The standard InChI is InChI=1S/C32H31BrIN9O4/c1-15-6-7-25(33)37-31(15)38-32(46)24-10-21(11-26-40-39-19(5)47-26)30(34)43(24)27(45)14-42-29-16(2)8-20(22-12-35-18(4)36-13-22)9-23(29)28(41-42)17(3)44/h6-9,12-13,21,24,30H,10-11,14H2,1-5H3,(H,37,38,46)/t21-,24+,30+/m1/s1. The van der Waals surface area contributed by atoms with Crippen molar-refractivity contribution in [3.05, 3.63) is 75.7 Å². The molecule has 1 aliphatic heterocycles. The van der Waals surface area contributed by atoms with E-state index < -0.39 is 6.04 Å². The van der Waals surface area contributed by atoms with Crippen LogP contribution >= 0.6 is 38.5 Å². The Morgan fingerprint density at radius 2 is 1.79 bits per heavy atom. The minimum absolute atomic E-state index is 0.144. The van der Waals surface area contributed by atoms with Gasteiger partial charge >= 0.3 is 0 Å². The van der Waals surface area contributed by atoms with Crippen molar-refractivity contribution < 1.29 is 18.8 Å². The van der Waals surface area contributed by atoms with Crippen molar-refractivity contribution in [3.8, 4) is 11.1 Å². The number of hydrogen-bond acceptors (Lipinski definition) is 10. The Hall–Kier alpha value is -4.12. The summed E-state index contributed by atoms with van der Waals surface area (Å²) in [6.07, 6.45) is 4.25. The number of nitrogens with one attached hydrogen (secondary N) is 1. The predicted molar refractivity (Wildman–Crippen MR) is 185 cm³/mol.